The lowest BCUT2D eigenvalue weighted by Gasteiger charge is -2.31. The Labute approximate surface area is 169 Å². The molecule has 2 N–H and O–H groups in total. The van der Waals surface area contributed by atoms with Gasteiger partial charge in [0.15, 0.2) is 11.3 Å². The van der Waals surface area contributed by atoms with Crippen LogP contribution in [0.3, 0.4) is 0 Å². The molecule has 0 bridgehead atoms. The third-order valence-corrected chi connectivity index (χ3v) is 4.56. The van der Waals surface area contributed by atoms with Gasteiger partial charge in [-0.1, -0.05) is 42.0 Å². The maximum atomic E-state index is 13.8. The van der Waals surface area contributed by atoms with Crippen LogP contribution in [0.5, 0.6) is 5.75 Å². The van der Waals surface area contributed by atoms with E-state index in [2.05, 4.69) is 0 Å². The van der Waals surface area contributed by atoms with E-state index in [9.17, 15) is 31.1 Å². The molecule has 1 atom stereocenters. The van der Waals surface area contributed by atoms with E-state index in [-0.39, 0.29) is 18.8 Å². The number of rotatable bonds is 8. The number of alkyl halides is 6. The van der Waals surface area contributed by atoms with Gasteiger partial charge in [0.05, 0.1) is 6.61 Å². The van der Waals surface area contributed by atoms with Gasteiger partial charge in [-0.25, -0.2) is 0 Å². The number of halogens is 6. The Balaban J connectivity index is 2.16. The fourth-order valence-corrected chi connectivity index (χ4v) is 2.79. The van der Waals surface area contributed by atoms with Gasteiger partial charge in [0, 0.05) is 12.8 Å². The van der Waals surface area contributed by atoms with Gasteiger partial charge in [0.25, 0.3) is 0 Å². The van der Waals surface area contributed by atoms with Crippen LogP contribution >= 0.6 is 0 Å². The number of ketones is 1. The molecule has 0 aliphatic rings. The third-order valence-electron chi connectivity index (χ3n) is 4.56. The fourth-order valence-electron chi connectivity index (χ4n) is 2.79. The van der Waals surface area contributed by atoms with Crippen LogP contribution in [0.4, 0.5) is 26.3 Å². The molecule has 2 aromatic carbocycles. The molecule has 0 radical (unpaired) electrons. The van der Waals surface area contributed by atoms with E-state index in [0.717, 1.165) is 29.8 Å². The maximum Gasteiger partial charge on any atom is 0.417 e. The Hall–Kier alpha value is -2.55. The van der Waals surface area contributed by atoms with Crippen molar-refractivity contribution in [3.05, 3.63) is 65.2 Å². The molecule has 0 saturated carbocycles. The van der Waals surface area contributed by atoms with E-state index in [0.29, 0.717) is 5.56 Å². The minimum Gasteiger partial charge on any atom is -0.494 e. The van der Waals surface area contributed by atoms with Gasteiger partial charge in [0.2, 0.25) is 0 Å². The number of benzene rings is 2. The first-order valence-corrected chi connectivity index (χ1v) is 9.07. The Morgan fingerprint density at radius 1 is 0.933 bits per heavy atom. The molecule has 0 saturated heterocycles. The number of Topliss-reactive ketones (excluding diaryl/α,β-unsaturated/α-hetero) is 1. The minimum atomic E-state index is -5.05. The molecule has 2 aromatic rings. The molecule has 0 amide bonds. The zero-order valence-electron chi connectivity index (χ0n) is 16.1. The SMILES string of the molecule is Cc1ccc(CC(=O)[C@@](N)(c2ccc(OCCCC(F)(F)F)cc2)C(F)(F)F)cc1. The number of ether oxygens (including phenoxy) is 1. The predicted octanol–water partition coefficient (Wildman–Crippen LogP) is 5.24. The summed E-state index contributed by atoms with van der Waals surface area (Å²) in [6.07, 6.45) is -11.2. The van der Waals surface area contributed by atoms with Gasteiger partial charge >= 0.3 is 12.4 Å². The van der Waals surface area contributed by atoms with Crippen LogP contribution < -0.4 is 10.5 Å². The highest BCUT2D eigenvalue weighted by Crippen LogP contribution is 2.39. The summed E-state index contributed by atoms with van der Waals surface area (Å²) in [7, 11) is 0. The van der Waals surface area contributed by atoms with Crippen LogP contribution in [0.1, 0.15) is 29.5 Å². The van der Waals surface area contributed by atoms with Crippen molar-refractivity contribution in [2.24, 2.45) is 5.73 Å². The molecule has 3 nitrogen and oxygen atoms in total. The highest BCUT2D eigenvalue weighted by Gasteiger charge is 2.58. The van der Waals surface area contributed by atoms with Crippen LogP contribution in [-0.2, 0) is 16.8 Å². The molecule has 0 fully saturated rings. The zero-order valence-corrected chi connectivity index (χ0v) is 16.1. The number of hydrogen-bond acceptors (Lipinski definition) is 3. The van der Waals surface area contributed by atoms with Crippen molar-refractivity contribution in [2.75, 3.05) is 6.61 Å². The summed E-state index contributed by atoms with van der Waals surface area (Å²) in [6.45, 7) is 1.56. The van der Waals surface area contributed by atoms with E-state index < -0.39 is 42.1 Å². The predicted molar refractivity (Wildman–Crippen MR) is 99.0 cm³/mol. The quantitative estimate of drug-likeness (QED) is 0.457. The van der Waals surface area contributed by atoms with E-state index in [1.54, 1.807) is 31.2 Å². The molecule has 0 heterocycles. The van der Waals surface area contributed by atoms with Crippen molar-refractivity contribution in [2.45, 2.75) is 44.1 Å². The zero-order chi connectivity index (χ0) is 22.6. The van der Waals surface area contributed by atoms with Gasteiger partial charge in [-0.05, 0) is 36.6 Å². The summed E-state index contributed by atoms with van der Waals surface area (Å²) in [5.74, 6) is -1.14. The Morgan fingerprint density at radius 2 is 1.50 bits per heavy atom. The first kappa shape index (κ1) is 23.7. The molecule has 0 spiro atoms. The average molecular weight is 433 g/mol. The Kier molecular flexibility index (Phi) is 7.18. The lowest BCUT2D eigenvalue weighted by atomic mass is 9.83. The van der Waals surface area contributed by atoms with Crippen LogP contribution in [0.25, 0.3) is 0 Å². The van der Waals surface area contributed by atoms with Gasteiger partial charge in [0.1, 0.15) is 5.75 Å². The Bertz CT molecular complexity index is 844. The number of nitrogens with two attached hydrogens (primary N) is 1. The topological polar surface area (TPSA) is 52.3 Å². The van der Waals surface area contributed by atoms with E-state index in [4.69, 9.17) is 10.5 Å². The summed E-state index contributed by atoms with van der Waals surface area (Å²) in [5.41, 5.74) is 3.18. The van der Waals surface area contributed by atoms with Crippen LogP contribution in [0.15, 0.2) is 48.5 Å². The summed E-state index contributed by atoms with van der Waals surface area (Å²) >= 11 is 0. The second kappa shape index (κ2) is 9.07. The molecule has 30 heavy (non-hydrogen) atoms. The van der Waals surface area contributed by atoms with Crippen molar-refractivity contribution in [1.29, 1.82) is 0 Å². The van der Waals surface area contributed by atoms with E-state index >= 15 is 0 Å². The summed E-state index contributed by atoms with van der Waals surface area (Å²) < 4.78 is 82.8. The number of carbonyl (C=O) groups is 1. The highest BCUT2D eigenvalue weighted by molar-refractivity contribution is 5.92. The van der Waals surface area contributed by atoms with Crippen molar-refractivity contribution < 1.29 is 35.9 Å². The summed E-state index contributed by atoms with van der Waals surface area (Å²) in [5, 5.41) is 0. The number of aryl methyl sites for hydroxylation is 1. The molecular formula is C21H21F6NO2. The lowest BCUT2D eigenvalue weighted by molar-refractivity contribution is -0.192. The first-order chi connectivity index (χ1) is 13.8. The van der Waals surface area contributed by atoms with Gasteiger partial charge in [-0.3, -0.25) is 4.79 Å². The third kappa shape index (κ3) is 5.98. The van der Waals surface area contributed by atoms with Crippen LogP contribution in [0.2, 0.25) is 0 Å². The van der Waals surface area contributed by atoms with Crippen molar-refractivity contribution in [3.8, 4) is 5.75 Å². The number of carbonyl (C=O) groups excluding carboxylic acids is 1. The molecule has 0 aliphatic carbocycles. The lowest BCUT2D eigenvalue weighted by Crippen LogP contribution is -2.57. The smallest absolute Gasteiger partial charge is 0.417 e. The maximum absolute atomic E-state index is 13.8. The average Bonchev–Trinajstić information content (AvgIpc) is 2.65. The first-order valence-electron chi connectivity index (χ1n) is 9.07. The molecule has 0 aromatic heterocycles. The standard InChI is InChI=1S/C21H21F6NO2/c1-14-3-5-15(6-4-14)13-18(29)20(28,21(25,26)27)16-7-9-17(10-8-16)30-12-2-11-19(22,23)24/h3-10H,2,11-13,28H2,1H3/t20-/m0/s1. The largest absolute Gasteiger partial charge is 0.494 e. The summed E-state index contributed by atoms with van der Waals surface area (Å²) in [6, 6.07) is 10.8. The van der Waals surface area contributed by atoms with Crippen molar-refractivity contribution in [1.82, 2.24) is 0 Å². The summed E-state index contributed by atoms with van der Waals surface area (Å²) in [4.78, 5) is 12.6. The Morgan fingerprint density at radius 3 is 2.00 bits per heavy atom. The molecule has 2 rings (SSSR count). The van der Waals surface area contributed by atoms with Crippen LogP contribution in [0, 0.1) is 6.92 Å². The molecular weight excluding hydrogens is 412 g/mol. The second-order valence-corrected chi connectivity index (χ2v) is 6.98. The van der Waals surface area contributed by atoms with E-state index in [1.165, 1.54) is 0 Å². The van der Waals surface area contributed by atoms with E-state index in [1.807, 2.05) is 0 Å². The molecule has 164 valence electrons. The highest BCUT2D eigenvalue weighted by atomic mass is 19.4. The molecule has 9 heteroatoms. The second-order valence-electron chi connectivity index (χ2n) is 6.98. The van der Waals surface area contributed by atoms with Crippen molar-refractivity contribution >= 4 is 5.78 Å². The van der Waals surface area contributed by atoms with Gasteiger partial charge in [-0.15, -0.1) is 0 Å². The fraction of sp³-hybridized carbons (Fsp3) is 0.381. The molecule has 0 aliphatic heterocycles. The minimum absolute atomic E-state index is 0.0800. The molecule has 0 unspecified atom stereocenters. The van der Waals surface area contributed by atoms with Gasteiger partial charge < -0.3 is 10.5 Å². The van der Waals surface area contributed by atoms with Crippen molar-refractivity contribution in [3.63, 3.8) is 0 Å². The van der Waals surface area contributed by atoms with Crippen LogP contribution in [-0.4, -0.2) is 24.7 Å². The van der Waals surface area contributed by atoms with Gasteiger partial charge in [-0.2, -0.15) is 26.3 Å². The normalized spacial score (nSPS) is 14.3. The monoisotopic (exact) mass is 433 g/mol. The number of hydrogen-bond donors (Lipinski definition) is 1.